The molecule has 0 aliphatic carbocycles. The molecule has 1 aliphatic rings. The molecule has 2 aromatic carbocycles. The molecular formula is C21H23ClN4O. The van der Waals surface area contributed by atoms with Gasteiger partial charge >= 0.3 is 0 Å². The van der Waals surface area contributed by atoms with Crippen LogP contribution in [0.25, 0.3) is 11.4 Å². The third kappa shape index (κ3) is 4.21. The molecule has 1 aromatic heterocycles. The lowest BCUT2D eigenvalue weighted by Crippen LogP contribution is -2.25. The maximum absolute atomic E-state index is 6.04. The minimum Gasteiger partial charge on any atom is -0.339 e. The quantitative estimate of drug-likeness (QED) is 0.705. The second kappa shape index (κ2) is 8.21. The molecule has 0 amide bonds. The lowest BCUT2D eigenvalue weighted by Gasteiger charge is -2.16. The van der Waals surface area contributed by atoms with Crippen LogP contribution in [-0.2, 0) is 6.42 Å². The lowest BCUT2D eigenvalue weighted by molar-refractivity contribution is 0.302. The summed E-state index contributed by atoms with van der Waals surface area (Å²) in [5.74, 6) is 2.20. The van der Waals surface area contributed by atoms with Gasteiger partial charge in [-0.2, -0.15) is 4.98 Å². The van der Waals surface area contributed by atoms with E-state index in [9.17, 15) is 0 Å². The van der Waals surface area contributed by atoms with Gasteiger partial charge in [-0.05, 0) is 30.2 Å². The van der Waals surface area contributed by atoms with Crippen LogP contribution in [0.3, 0.4) is 0 Å². The van der Waals surface area contributed by atoms with E-state index >= 15 is 0 Å². The van der Waals surface area contributed by atoms with Crippen LogP contribution in [0.15, 0.2) is 59.1 Å². The molecule has 0 unspecified atom stereocenters. The highest BCUT2D eigenvalue weighted by Crippen LogP contribution is 2.32. The predicted octanol–water partition coefficient (Wildman–Crippen LogP) is 3.61. The van der Waals surface area contributed by atoms with Crippen molar-refractivity contribution in [2.75, 3.05) is 26.2 Å². The molecule has 0 bridgehead atoms. The SMILES string of the molecule is NC[C@@H]1CN(CCc2nc(-c3cccc(Cl)c3)no2)C[C@H]1c1ccccc1. The van der Waals surface area contributed by atoms with Crippen LogP contribution >= 0.6 is 11.6 Å². The molecule has 0 saturated carbocycles. The second-order valence-corrected chi connectivity index (χ2v) is 7.48. The predicted molar refractivity (Wildman–Crippen MR) is 107 cm³/mol. The molecule has 2 heterocycles. The average molecular weight is 383 g/mol. The second-order valence-electron chi connectivity index (χ2n) is 7.04. The van der Waals surface area contributed by atoms with Gasteiger partial charge in [0.1, 0.15) is 0 Å². The van der Waals surface area contributed by atoms with Crippen LogP contribution in [0, 0.1) is 5.92 Å². The Hall–Kier alpha value is -2.21. The first-order valence-corrected chi connectivity index (χ1v) is 9.66. The topological polar surface area (TPSA) is 68.2 Å². The molecule has 1 saturated heterocycles. The Balaban J connectivity index is 1.38. The van der Waals surface area contributed by atoms with Gasteiger partial charge in [-0.1, -0.05) is 59.2 Å². The molecule has 6 heteroatoms. The third-order valence-corrected chi connectivity index (χ3v) is 5.48. The number of halogens is 1. The van der Waals surface area contributed by atoms with Gasteiger partial charge in [0, 0.05) is 42.6 Å². The molecule has 140 valence electrons. The zero-order chi connectivity index (χ0) is 18.6. The zero-order valence-corrected chi connectivity index (χ0v) is 15.8. The van der Waals surface area contributed by atoms with Crippen LogP contribution in [0.5, 0.6) is 0 Å². The van der Waals surface area contributed by atoms with E-state index in [1.54, 1.807) is 0 Å². The number of hydrogen-bond acceptors (Lipinski definition) is 5. The molecule has 0 spiro atoms. The summed E-state index contributed by atoms with van der Waals surface area (Å²) in [5, 5.41) is 4.75. The highest BCUT2D eigenvalue weighted by Gasteiger charge is 2.32. The van der Waals surface area contributed by atoms with Gasteiger partial charge in [0.2, 0.25) is 11.7 Å². The Kier molecular flexibility index (Phi) is 5.53. The molecule has 5 nitrogen and oxygen atoms in total. The van der Waals surface area contributed by atoms with Gasteiger partial charge in [-0.25, -0.2) is 0 Å². The van der Waals surface area contributed by atoms with E-state index in [1.807, 2.05) is 24.3 Å². The van der Waals surface area contributed by atoms with Crippen molar-refractivity contribution >= 4 is 11.6 Å². The highest BCUT2D eigenvalue weighted by molar-refractivity contribution is 6.30. The van der Waals surface area contributed by atoms with E-state index in [0.717, 1.165) is 31.6 Å². The Morgan fingerprint density at radius 3 is 2.74 bits per heavy atom. The van der Waals surface area contributed by atoms with Crippen LogP contribution in [0.2, 0.25) is 5.02 Å². The van der Waals surface area contributed by atoms with Gasteiger partial charge < -0.3 is 15.2 Å². The van der Waals surface area contributed by atoms with E-state index in [0.29, 0.717) is 35.1 Å². The van der Waals surface area contributed by atoms with Crippen molar-refractivity contribution in [1.29, 1.82) is 0 Å². The summed E-state index contributed by atoms with van der Waals surface area (Å²) in [6, 6.07) is 18.1. The summed E-state index contributed by atoms with van der Waals surface area (Å²) in [7, 11) is 0. The normalized spacial score (nSPS) is 20.2. The van der Waals surface area contributed by atoms with Crippen LogP contribution in [-0.4, -0.2) is 41.2 Å². The highest BCUT2D eigenvalue weighted by atomic mass is 35.5. The zero-order valence-electron chi connectivity index (χ0n) is 15.1. The van der Waals surface area contributed by atoms with Crippen molar-refractivity contribution in [2.45, 2.75) is 12.3 Å². The third-order valence-electron chi connectivity index (χ3n) is 5.24. The minimum absolute atomic E-state index is 0.483. The molecule has 4 rings (SSSR count). The summed E-state index contributed by atoms with van der Waals surface area (Å²) < 4.78 is 5.43. The van der Waals surface area contributed by atoms with E-state index in [2.05, 4.69) is 45.4 Å². The number of benzene rings is 2. The van der Waals surface area contributed by atoms with E-state index in [1.165, 1.54) is 5.56 Å². The number of likely N-dealkylation sites (tertiary alicyclic amines) is 1. The van der Waals surface area contributed by atoms with E-state index in [-0.39, 0.29) is 0 Å². The fourth-order valence-electron chi connectivity index (χ4n) is 3.81. The number of rotatable bonds is 6. The number of aromatic nitrogens is 2. The summed E-state index contributed by atoms with van der Waals surface area (Å²) in [4.78, 5) is 6.95. The van der Waals surface area contributed by atoms with Crippen LogP contribution < -0.4 is 5.73 Å². The van der Waals surface area contributed by atoms with Crippen molar-refractivity contribution < 1.29 is 4.52 Å². The standard InChI is InChI=1S/C21H23ClN4O/c22-18-8-4-7-16(11-18)21-24-20(27-25-21)9-10-26-13-17(12-23)19(14-26)15-5-2-1-3-6-15/h1-8,11,17,19H,9-10,12-14,23H2/t17-,19+/m1/s1. The van der Waals surface area contributed by atoms with Gasteiger partial charge in [0.05, 0.1) is 0 Å². The molecular weight excluding hydrogens is 360 g/mol. The van der Waals surface area contributed by atoms with Crippen molar-refractivity contribution in [1.82, 2.24) is 15.0 Å². The van der Waals surface area contributed by atoms with E-state index < -0.39 is 0 Å². The summed E-state index contributed by atoms with van der Waals surface area (Å²) >= 11 is 6.04. The Labute approximate surface area is 164 Å². The fourth-order valence-corrected chi connectivity index (χ4v) is 4.01. The van der Waals surface area contributed by atoms with Crippen molar-refractivity contribution in [3.63, 3.8) is 0 Å². The maximum atomic E-state index is 6.04. The Morgan fingerprint density at radius 2 is 1.96 bits per heavy atom. The van der Waals surface area contributed by atoms with Crippen molar-refractivity contribution in [3.8, 4) is 11.4 Å². The first-order chi connectivity index (χ1) is 13.2. The summed E-state index contributed by atoms with van der Waals surface area (Å²) in [5.41, 5.74) is 8.27. The molecule has 27 heavy (non-hydrogen) atoms. The molecule has 1 aliphatic heterocycles. The molecule has 3 aromatic rings. The maximum Gasteiger partial charge on any atom is 0.228 e. The average Bonchev–Trinajstić information content (AvgIpc) is 3.34. The monoisotopic (exact) mass is 382 g/mol. The Bertz CT molecular complexity index is 883. The minimum atomic E-state index is 0.483. The number of nitrogens with two attached hydrogens (primary N) is 1. The van der Waals surface area contributed by atoms with Gasteiger partial charge in [-0.3, -0.25) is 0 Å². The molecule has 1 fully saturated rings. The van der Waals surface area contributed by atoms with Crippen LogP contribution in [0.1, 0.15) is 17.4 Å². The largest absolute Gasteiger partial charge is 0.339 e. The van der Waals surface area contributed by atoms with Gasteiger partial charge in [0.25, 0.3) is 0 Å². The molecule has 2 atom stereocenters. The van der Waals surface area contributed by atoms with Crippen molar-refractivity contribution in [2.24, 2.45) is 11.7 Å². The lowest BCUT2D eigenvalue weighted by atomic mass is 9.89. The number of hydrogen-bond donors (Lipinski definition) is 1. The van der Waals surface area contributed by atoms with E-state index in [4.69, 9.17) is 21.9 Å². The Morgan fingerprint density at radius 1 is 1.11 bits per heavy atom. The van der Waals surface area contributed by atoms with Crippen molar-refractivity contribution in [3.05, 3.63) is 71.1 Å². The summed E-state index contributed by atoms with van der Waals surface area (Å²) in [6.45, 7) is 3.61. The molecule has 0 radical (unpaired) electrons. The number of nitrogens with zero attached hydrogens (tertiary/aromatic N) is 3. The van der Waals surface area contributed by atoms with Gasteiger partial charge in [0.15, 0.2) is 0 Å². The first-order valence-electron chi connectivity index (χ1n) is 9.29. The molecule has 2 N–H and O–H groups in total. The smallest absolute Gasteiger partial charge is 0.228 e. The van der Waals surface area contributed by atoms with Crippen LogP contribution in [0.4, 0.5) is 0 Å². The first kappa shape index (κ1) is 18.2. The van der Waals surface area contributed by atoms with Gasteiger partial charge in [-0.15, -0.1) is 0 Å². The summed E-state index contributed by atoms with van der Waals surface area (Å²) in [6.07, 6.45) is 0.729. The fraction of sp³-hybridized carbons (Fsp3) is 0.333.